The molecule has 0 aliphatic carbocycles. The van der Waals surface area contributed by atoms with Gasteiger partial charge in [0.1, 0.15) is 17.1 Å². The Hall–Kier alpha value is -1.48. The number of benzene rings is 1. The van der Waals surface area contributed by atoms with Crippen LogP contribution in [-0.2, 0) is 13.0 Å². The zero-order valence-electron chi connectivity index (χ0n) is 8.42. The van der Waals surface area contributed by atoms with E-state index in [1.54, 1.807) is 12.1 Å². The summed E-state index contributed by atoms with van der Waals surface area (Å²) in [6, 6.07) is 5.29. The number of furan rings is 1. The summed E-state index contributed by atoms with van der Waals surface area (Å²) < 4.78 is 5.75. The fourth-order valence-corrected chi connectivity index (χ4v) is 2.20. The van der Waals surface area contributed by atoms with Crippen LogP contribution in [0.5, 0.6) is 5.75 Å². The van der Waals surface area contributed by atoms with Gasteiger partial charge >= 0.3 is 0 Å². The monoisotopic (exact) mass is 203 g/mol. The lowest BCUT2D eigenvalue weighted by Crippen LogP contribution is -2.11. The highest BCUT2D eigenvalue weighted by atomic mass is 16.3. The van der Waals surface area contributed by atoms with Crippen molar-refractivity contribution in [2.75, 3.05) is 6.54 Å². The van der Waals surface area contributed by atoms with Gasteiger partial charge in [-0.1, -0.05) is 0 Å². The molecular weight excluding hydrogens is 190 g/mol. The van der Waals surface area contributed by atoms with Crippen molar-refractivity contribution in [3.05, 3.63) is 29.5 Å². The van der Waals surface area contributed by atoms with E-state index in [1.165, 1.54) is 5.56 Å². The van der Waals surface area contributed by atoms with Crippen molar-refractivity contribution in [2.24, 2.45) is 0 Å². The fourth-order valence-electron chi connectivity index (χ4n) is 2.20. The maximum Gasteiger partial charge on any atom is 0.134 e. The average Bonchev–Trinajstić information content (AvgIpc) is 2.44. The van der Waals surface area contributed by atoms with Gasteiger partial charge in [-0.05, 0) is 37.6 Å². The Morgan fingerprint density at radius 2 is 2.27 bits per heavy atom. The van der Waals surface area contributed by atoms with Crippen LogP contribution in [0, 0.1) is 0 Å². The molecular formula is C12H13NO2. The Labute approximate surface area is 87.7 Å². The summed E-state index contributed by atoms with van der Waals surface area (Å²) in [6.45, 7) is 1.83. The first-order valence-electron chi connectivity index (χ1n) is 5.28. The van der Waals surface area contributed by atoms with E-state index in [9.17, 15) is 5.11 Å². The van der Waals surface area contributed by atoms with E-state index >= 15 is 0 Å². The van der Waals surface area contributed by atoms with Gasteiger partial charge in [-0.2, -0.15) is 0 Å². The second-order valence-corrected chi connectivity index (χ2v) is 3.96. The molecule has 0 saturated heterocycles. The molecule has 1 aliphatic heterocycles. The van der Waals surface area contributed by atoms with Gasteiger partial charge in [-0.15, -0.1) is 0 Å². The molecule has 1 aliphatic rings. The minimum absolute atomic E-state index is 0.309. The Kier molecular flexibility index (Phi) is 1.92. The zero-order chi connectivity index (χ0) is 10.3. The molecule has 0 saturated carbocycles. The number of nitrogens with one attached hydrogen (secondary N) is 1. The lowest BCUT2D eigenvalue weighted by Gasteiger charge is -1.96. The third-order valence-electron chi connectivity index (χ3n) is 2.92. The number of hydrogen-bond acceptors (Lipinski definition) is 3. The maximum absolute atomic E-state index is 9.46. The van der Waals surface area contributed by atoms with Crippen molar-refractivity contribution in [3.8, 4) is 5.75 Å². The summed E-state index contributed by atoms with van der Waals surface area (Å²) in [5.74, 6) is 1.33. The Balaban J connectivity index is 2.24. The molecule has 1 aromatic heterocycles. The van der Waals surface area contributed by atoms with Gasteiger partial charge in [0.25, 0.3) is 0 Å². The lowest BCUT2D eigenvalue weighted by molar-refractivity contribution is 0.475. The maximum atomic E-state index is 9.46. The van der Waals surface area contributed by atoms with Crippen molar-refractivity contribution in [1.82, 2.24) is 5.32 Å². The number of aryl methyl sites for hydroxylation is 1. The van der Waals surface area contributed by atoms with E-state index in [-0.39, 0.29) is 0 Å². The van der Waals surface area contributed by atoms with Crippen LogP contribution in [0.25, 0.3) is 11.0 Å². The van der Waals surface area contributed by atoms with E-state index in [1.807, 2.05) is 6.07 Å². The standard InChI is InChI=1S/C12H13NO2/c14-8-3-4-11-10(6-8)9-2-1-5-13-7-12(9)15-11/h3-4,6,13-14H,1-2,5,7H2. The number of aromatic hydroxyl groups is 1. The average molecular weight is 203 g/mol. The van der Waals surface area contributed by atoms with E-state index in [0.717, 1.165) is 42.7 Å². The van der Waals surface area contributed by atoms with Gasteiger partial charge in [0.2, 0.25) is 0 Å². The first-order valence-corrected chi connectivity index (χ1v) is 5.28. The molecule has 0 amide bonds. The number of hydrogen-bond donors (Lipinski definition) is 2. The molecule has 2 heterocycles. The minimum atomic E-state index is 0.309. The van der Waals surface area contributed by atoms with Gasteiger partial charge in [-0.3, -0.25) is 0 Å². The minimum Gasteiger partial charge on any atom is -0.508 e. The van der Waals surface area contributed by atoms with E-state index in [4.69, 9.17) is 4.42 Å². The fraction of sp³-hybridized carbons (Fsp3) is 0.333. The van der Waals surface area contributed by atoms with E-state index in [2.05, 4.69) is 5.32 Å². The summed E-state index contributed by atoms with van der Waals surface area (Å²) >= 11 is 0. The molecule has 0 radical (unpaired) electrons. The number of fused-ring (bicyclic) bond motifs is 3. The highest BCUT2D eigenvalue weighted by Gasteiger charge is 2.16. The van der Waals surface area contributed by atoms with Crippen molar-refractivity contribution < 1.29 is 9.52 Å². The van der Waals surface area contributed by atoms with Gasteiger partial charge in [0.05, 0.1) is 6.54 Å². The molecule has 78 valence electrons. The van der Waals surface area contributed by atoms with Crippen LogP contribution in [-0.4, -0.2) is 11.7 Å². The van der Waals surface area contributed by atoms with Crippen LogP contribution in [0.1, 0.15) is 17.7 Å². The van der Waals surface area contributed by atoms with Gasteiger partial charge in [-0.25, -0.2) is 0 Å². The first-order chi connectivity index (χ1) is 7.34. The van der Waals surface area contributed by atoms with E-state index in [0.29, 0.717) is 5.75 Å². The van der Waals surface area contributed by atoms with Gasteiger partial charge in [0.15, 0.2) is 0 Å². The van der Waals surface area contributed by atoms with Crippen LogP contribution in [0.3, 0.4) is 0 Å². The van der Waals surface area contributed by atoms with Gasteiger partial charge < -0.3 is 14.8 Å². The highest BCUT2D eigenvalue weighted by molar-refractivity contribution is 5.83. The summed E-state index contributed by atoms with van der Waals surface area (Å²) in [7, 11) is 0. The van der Waals surface area contributed by atoms with E-state index < -0.39 is 0 Å². The van der Waals surface area contributed by atoms with Crippen LogP contribution in [0.4, 0.5) is 0 Å². The molecule has 0 spiro atoms. The normalized spacial score (nSPS) is 16.3. The zero-order valence-corrected chi connectivity index (χ0v) is 8.42. The smallest absolute Gasteiger partial charge is 0.134 e. The number of phenolic OH excluding ortho intramolecular Hbond substituents is 1. The predicted octanol–water partition coefficient (Wildman–Crippen LogP) is 2.17. The van der Waals surface area contributed by atoms with Crippen LogP contribution < -0.4 is 5.32 Å². The Bertz CT molecular complexity index is 502. The molecule has 0 bridgehead atoms. The Morgan fingerprint density at radius 3 is 3.20 bits per heavy atom. The third kappa shape index (κ3) is 1.39. The molecule has 3 heteroatoms. The quantitative estimate of drug-likeness (QED) is 0.689. The summed E-state index contributed by atoms with van der Waals surface area (Å²) in [4.78, 5) is 0. The second-order valence-electron chi connectivity index (χ2n) is 3.96. The van der Waals surface area contributed by atoms with Crippen molar-refractivity contribution in [2.45, 2.75) is 19.4 Å². The molecule has 0 atom stereocenters. The molecule has 2 aromatic rings. The topological polar surface area (TPSA) is 45.4 Å². The van der Waals surface area contributed by atoms with Crippen molar-refractivity contribution in [3.63, 3.8) is 0 Å². The summed E-state index contributed by atoms with van der Waals surface area (Å²) in [6.07, 6.45) is 2.15. The SMILES string of the molecule is Oc1ccc2oc3c(c2c1)CCCNC3. The lowest BCUT2D eigenvalue weighted by atomic mass is 10.1. The summed E-state index contributed by atoms with van der Waals surface area (Å²) in [5, 5.41) is 13.8. The molecule has 3 rings (SSSR count). The van der Waals surface area contributed by atoms with Crippen molar-refractivity contribution >= 4 is 11.0 Å². The van der Waals surface area contributed by atoms with Gasteiger partial charge in [0, 0.05) is 10.9 Å². The highest BCUT2D eigenvalue weighted by Crippen LogP contribution is 2.30. The third-order valence-corrected chi connectivity index (χ3v) is 2.92. The Morgan fingerprint density at radius 1 is 1.33 bits per heavy atom. The van der Waals surface area contributed by atoms with Crippen LogP contribution in [0.15, 0.2) is 22.6 Å². The van der Waals surface area contributed by atoms with Crippen LogP contribution >= 0.6 is 0 Å². The predicted molar refractivity (Wildman–Crippen MR) is 57.9 cm³/mol. The van der Waals surface area contributed by atoms with Crippen molar-refractivity contribution in [1.29, 1.82) is 0 Å². The summed E-state index contributed by atoms with van der Waals surface area (Å²) in [5.41, 5.74) is 2.13. The first kappa shape index (κ1) is 8.80. The molecule has 0 unspecified atom stereocenters. The molecule has 0 fully saturated rings. The van der Waals surface area contributed by atoms with Crippen LogP contribution in [0.2, 0.25) is 0 Å². The number of rotatable bonds is 0. The second kappa shape index (κ2) is 3.28. The molecule has 3 nitrogen and oxygen atoms in total. The molecule has 2 N–H and O–H groups in total. The largest absolute Gasteiger partial charge is 0.508 e. The molecule has 1 aromatic carbocycles. The number of phenols is 1. The molecule has 15 heavy (non-hydrogen) atoms.